The SMILES string of the molecule is COCC(CNCC(C)C)N(C)C1CCOC1C. The first-order valence-electron chi connectivity index (χ1n) is 7.09. The molecule has 1 rings (SSSR count). The minimum Gasteiger partial charge on any atom is -0.383 e. The minimum atomic E-state index is 0.333. The van der Waals surface area contributed by atoms with Crippen LogP contribution in [0.3, 0.4) is 0 Å². The summed E-state index contributed by atoms with van der Waals surface area (Å²) in [7, 11) is 3.97. The van der Waals surface area contributed by atoms with Crippen LogP contribution >= 0.6 is 0 Å². The largest absolute Gasteiger partial charge is 0.383 e. The summed E-state index contributed by atoms with van der Waals surface area (Å²) in [6, 6.07) is 0.939. The van der Waals surface area contributed by atoms with Crippen molar-refractivity contribution in [3.05, 3.63) is 0 Å². The zero-order valence-electron chi connectivity index (χ0n) is 12.6. The molecule has 3 unspecified atom stereocenters. The van der Waals surface area contributed by atoms with Crippen LogP contribution in [0.25, 0.3) is 0 Å². The number of methoxy groups -OCH3 is 1. The van der Waals surface area contributed by atoms with Gasteiger partial charge in [-0.15, -0.1) is 0 Å². The second-order valence-corrected chi connectivity index (χ2v) is 5.76. The lowest BCUT2D eigenvalue weighted by molar-refractivity contribution is 0.0403. The number of nitrogens with one attached hydrogen (secondary N) is 1. The van der Waals surface area contributed by atoms with Crippen molar-refractivity contribution in [1.29, 1.82) is 0 Å². The summed E-state index contributed by atoms with van der Waals surface area (Å²) in [6.45, 7) is 10.3. The van der Waals surface area contributed by atoms with Gasteiger partial charge in [0.25, 0.3) is 0 Å². The van der Waals surface area contributed by atoms with Crippen LogP contribution in [0, 0.1) is 5.92 Å². The van der Waals surface area contributed by atoms with Crippen LogP contribution in [0.5, 0.6) is 0 Å². The van der Waals surface area contributed by atoms with Crippen molar-refractivity contribution in [2.24, 2.45) is 5.92 Å². The van der Waals surface area contributed by atoms with Crippen LogP contribution in [0.15, 0.2) is 0 Å². The second-order valence-electron chi connectivity index (χ2n) is 5.76. The van der Waals surface area contributed by atoms with E-state index < -0.39 is 0 Å². The summed E-state index contributed by atoms with van der Waals surface area (Å²) in [5.41, 5.74) is 0. The molecule has 4 heteroatoms. The van der Waals surface area contributed by atoms with Gasteiger partial charge < -0.3 is 14.8 Å². The van der Waals surface area contributed by atoms with Gasteiger partial charge in [-0.2, -0.15) is 0 Å². The van der Waals surface area contributed by atoms with Crippen molar-refractivity contribution in [3.63, 3.8) is 0 Å². The van der Waals surface area contributed by atoms with Crippen LogP contribution in [-0.2, 0) is 9.47 Å². The van der Waals surface area contributed by atoms with Gasteiger partial charge in [-0.25, -0.2) is 0 Å². The molecule has 108 valence electrons. The van der Waals surface area contributed by atoms with Crippen molar-refractivity contribution in [1.82, 2.24) is 10.2 Å². The van der Waals surface area contributed by atoms with Gasteiger partial charge in [-0.05, 0) is 32.9 Å². The van der Waals surface area contributed by atoms with Crippen molar-refractivity contribution < 1.29 is 9.47 Å². The smallest absolute Gasteiger partial charge is 0.0703 e. The first-order chi connectivity index (χ1) is 8.56. The van der Waals surface area contributed by atoms with Gasteiger partial charge in [-0.1, -0.05) is 13.8 Å². The monoisotopic (exact) mass is 258 g/mol. The number of nitrogens with zero attached hydrogens (tertiary/aromatic N) is 1. The summed E-state index contributed by atoms with van der Waals surface area (Å²) in [6.07, 6.45) is 1.46. The predicted octanol–water partition coefficient (Wildman–Crippen LogP) is 1.36. The maximum Gasteiger partial charge on any atom is 0.0703 e. The standard InChI is InChI=1S/C14H30N2O2/c1-11(2)8-15-9-13(10-17-5)16(4)14-6-7-18-12(14)3/h11-15H,6-10H2,1-5H3. The molecule has 1 N–H and O–H groups in total. The maximum atomic E-state index is 5.65. The van der Waals surface area contributed by atoms with Gasteiger partial charge in [0.1, 0.15) is 0 Å². The molecule has 1 fully saturated rings. The van der Waals surface area contributed by atoms with Gasteiger partial charge in [0.2, 0.25) is 0 Å². The average Bonchev–Trinajstić information content (AvgIpc) is 2.73. The highest BCUT2D eigenvalue weighted by Gasteiger charge is 2.31. The molecule has 1 heterocycles. The number of hydrogen-bond acceptors (Lipinski definition) is 4. The molecule has 0 aromatic rings. The Morgan fingerprint density at radius 1 is 1.39 bits per heavy atom. The summed E-state index contributed by atoms with van der Waals surface area (Å²) >= 11 is 0. The Labute approximate surface area is 112 Å². The van der Waals surface area contributed by atoms with E-state index in [9.17, 15) is 0 Å². The van der Waals surface area contributed by atoms with Crippen LogP contribution < -0.4 is 5.32 Å². The summed E-state index contributed by atoms with van der Waals surface area (Å²) in [5, 5.41) is 3.53. The Balaban J connectivity index is 2.43. The first kappa shape index (κ1) is 15.9. The van der Waals surface area contributed by atoms with Crippen LogP contribution in [0.2, 0.25) is 0 Å². The van der Waals surface area contributed by atoms with Gasteiger partial charge in [0.05, 0.1) is 12.7 Å². The van der Waals surface area contributed by atoms with E-state index in [1.165, 1.54) is 0 Å². The second kappa shape index (κ2) is 8.10. The molecule has 3 atom stereocenters. The van der Waals surface area contributed by atoms with Crippen LogP contribution in [0.1, 0.15) is 27.2 Å². The van der Waals surface area contributed by atoms with Gasteiger partial charge >= 0.3 is 0 Å². The van der Waals surface area contributed by atoms with Crippen LogP contribution in [-0.4, -0.2) is 63.5 Å². The summed E-state index contributed by atoms with van der Waals surface area (Å²) < 4.78 is 11.0. The number of ether oxygens (including phenoxy) is 2. The highest BCUT2D eigenvalue weighted by atomic mass is 16.5. The van der Waals surface area contributed by atoms with Gasteiger partial charge in [0.15, 0.2) is 0 Å². The Morgan fingerprint density at radius 3 is 2.61 bits per heavy atom. The average molecular weight is 258 g/mol. The molecule has 18 heavy (non-hydrogen) atoms. The molecular formula is C14H30N2O2. The molecule has 1 aliphatic rings. The van der Waals surface area contributed by atoms with E-state index in [1.807, 2.05) is 0 Å². The molecule has 0 spiro atoms. The van der Waals surface area contributed by atoms with E-state index in [4.69, 9.17) is 9.47 Å². The van der Waals surface area contributed by atoms with E-state index in [2.05, 4.69) is 38.0 Å². The molecule has 0 bridgehead atoms. The minimum absolute atomic E-state index is 0.333. The lowest BCUT2D eigenvalue weighted by Crippen LogP contribution is -2.50. The van der Waals surface area contributed by atoms with E-state index in [0.717, 1.165) is 32.7 Å². The van der Waals surface area contributed by atoms with Gasteiger partial charge in [-0.3, -0.25) is 4.90 Å². The van der Waals surface area contributed by atoms with Crippen LogP contribution in [0.4, 0.5) is 0 Å². The topological polar surface area (TPSA) is 33.7 Å². The molecule has 0 saturated carbocycles. The molecule has 1 saturated heterocycles. The fourth-order valence-electron chi connectivity index (χ4n) is 2.58. The molecule has 0 aromatic heterocycles. The van der Waals surface area contributed by atoms with Crippen molar-refractivity contribution in [3.8, 4) is 0 Å². The normalized spacial score (nSPS) is 26.2. The molecular weight excluding hydrogens is 228 g/mol. The highest BCUT2D eigenvalue weighted by molar-refractivity contribution is 4.85. The fourth-order valence-corrected chi connectivity index (χ4v) is 2.58. The lowest BCUT2D eigenvalue weighted by Gasteiger charge is -2.34. The van der Waals surface area contributed by atoms with Crippen molar-refractivity contribution in [2.45, 2.75) is 45.4 Å². The van der Waals surface area contributed by atoms with E-state index in [-0.39, 0.29) is 0 Å². The van der Waals surface area contributed by atoms with Gasteiger partial charge in [0, 0.05) is 32.3 Å². The molecule has 0 radical (unpaired) electrons. The Morgan fingerprint density at radius 2 is 2.11 bits per heavy atom. The fraction of sp³-hybridized carbons (Fsp3) is 1.00. The third-order valence-electron chi connectivity index (χ3n) is 3.73. The third-order valence-corrected chi connectivity index (χ3v) is 3.73. The number of hydrogen-bond donors (Lipinski definition) is 1. The molecule has 0 aromatic carbocycles. The lowest BCUT2D eigenvalue weighted by atomic mass is 10.1. The Kier molecular flexibility index (Phi) is 7.15. The summed E-state index contributed by atoms with van der Waals surface area (Å²) in [5.74, 6) is 0.687. The van der Waals surface area contributed by atoms with Crippen molar-refractivity contribution in [2.75, 3.05) is 40.5 Å². The van der Waals surface area contributed by atoms with E-state index >= 15 is 0 Å². The van der Waals surface area contributed by atoms with E-state index in [1.54, 1.807) is 7.11 Å². The first-order valence-corrected chi connectivity index (χ1v) is 7.09. The van der Waals surface area contributed by atoms with E-state index in [0.29, 0.717) is 24.1 Å². The quantitative estimate of drug-likeness (QED) is 0.713. The predicted molar refractivity (Wildman–Crippen MR) is 75.0 cm³/mol. The molecule has 4 nitrogen and oxygen atoms in total. The molecule has 0 amide bonds. The Hall–Kier alpha value is -0.160. The maximum absolute atomic E-state index is 5.65. The Bertz CT molecular complexity index is 224. The number of likely N-dealkylation sites (N-methyl/N-ethyl adjacent to an activating group) is 1. The van der Waals surface area contributed by atoms with Crippen molar-refractivity contribution >= 4 is 0 Å². The highest BCUT2D eigenvalue weighted by Crippen LogP contribution is 2.20. The zero-order chi connectivity index (χ0) is 13.5. The third kappa shape index (κ3) is 4.84. The number of rotatable bonds is 8. The zero-order valence-corrected chi connectivity index (χ0v) is 12.6. The molecule has 0 aliphatic carbocycles. The molecule has 1 aliphatic heterocycles. The summed E-state index contributed by atoms with van der Waals surface area (Å²) in [4.78, 5) is 2.43.